The summed E-state index contributed by atoms with van der Waals surface area (Å²) in [6.07, 6.45) is 1.36. The van der Waals surface area contributed by atoms with E-state index in [0.717, 1.165) is 23.4 Å². The highest BCUT2D eigenvalue weighted by Crippen LogP contribution is 2.23. The van der Waals surface area contributed by atoms with Crippen molar-refractivity contribution in [3.8, 4) is 0 Å². The Labute approximate surface area is 84.3 Å². The van der Waals surface area contributed by atoms with Crippen molar-refractivity contribution in [1.82, 2.24) is 0 Å². The first-order valence-corrected chi connectivity index (χ1v) is 4.94. The molecular formula is C11H16N2O. The van der Waals surface area contributed by atoms with Crippen LogP contribution in [0.4, 0.5) is 11.4 Å². The Morgan fingerprint density at radius 2 is 2.00 bits per heavy atom. The van der Waals surface area contributed by atoms with Crippen LogP contribution in [0, 0.1) is 0 Å². The van der Waals surface area contributed by atoms with Gasteiger partial charge in [0.05, 0.1) is 0 Å². The maximum atomic E-state index is 11.0. The van der Waals surface area contributed by atoms with Gasteiger partial charge in [-0.3, -0.25) is 4.79 Å². The first-order valence-electron chi connectivity index (χ1n) is 4.94. The molecule has 3 nitrogen and oxygen atoms in total. The number of benzene rings is 1. The third kappa shape index (κ3) is 2.25. The molecule has 3 N–H and O–H groups in total. The fourth-order valence-corrected chi connectivity index (χ4v) is 1.40. The highest BCUT2D eigenvalue weighted by molar-refractivity contribution is 5.94. The van der Waals surface area contributed by atoms with Crippen LogP contribution < -0.4 is 11.1 Å². The van der Waals surface area contributed by atoms with E-state index in [2.05, 4.69) is 5.32 Å². The molecule has 14 heavy (non-hydrogen) atoms. The quantitative estimate of drug-likeness (QED) is 0.619. The van der Waals surface area contributed by atoms with E-state index in [0.29, 0.717) is 6.42 Å². The van der Waals surface area contributed by atoms with Crippen LogP contribution in [0.15, 0.2) is 18.2 Å². The number of carbonyl (C=O) groups is 1. The Morgan fingerprint density at radius 3 is 2.71 bits per heavy atom. The predicted molar refractivity (Wildman–Crippen MR) is 59.2 cm³/mol. The molecule has 2 rings (SSSR count). The summed E-state index contributed by atoms with van der Waals surface area (Å²) in [6, 6.07) is 5.56. The number of hydrogen-bond acceptors (Lipinski definition) is 2. The van der Waals surface area contributed by atoms with Crippen molar-refractivity contribution in [3.63, 3.8) is 0 Å². The molecule has 0 atom stereocenters. The molecule has 0 aliphatic carbocycles. The maximum Gasteiger partial charge on any atom is 0.224 e. The van der Waals surface area contributed by atoms with Gasteiger partial charge in [-0.25, -0.2) is 0 Å². The highest BCUT2D eigenvalue weighted by Gasteiger charge is 2.13. The third-order valence-corrected chi connectivity index (χ3v) is 2.02. The molecule has 0 spiro atoms. The number of aryl methyl sites for hydroxylation is 1. The van der Waals surface area contributed by atoms with Gasteiger partial charge in [-0.05, 0) is 30.2 Å². The van der Waals surface area contributed by atoms with Crippen molar-refractivity contribution in [1.29, 1.82) is 0 Å². The van der Waals surface area contributed by atoms with Gasteiger partial charge in [0, 0.05) is 17.8 Å². The zero-order valence-corrected chi connectivity index (χ0v) is 8.63. The Bertz CT molecular complexity index is 334. The summed E-state index contributed by atoms with van der Waals surface area (Å²) in [5.41, 5.74) is 8.40. The number of rotatable bonds is 0. The number of fused-ring (bicyclic) bond motifs is 1. The number of nitrogen functional groups attached to an aromatic ring is 1. The summed E-state index contributed by atoms with van der Waals surface area (Å²) in [4.78, 5) is 11.0. The zero-order chi connectivity index (χ0) is 10.6. The highest BCUT2D eigenvalue weighted by atomic mass is 16.1. The second-order valence-electron chi connectivity index (χ2n) is 2.96. The van der Waals surface area contributed by atoms with Gasteiger partial charge in [0.2, 0.25) is 5.91 Å². The molecule has 0 unspecified atom stereocenters. The summed E-state index contributed by atoms with van der Waals surface area (Å²) in [7, 11) is 0. The van der Waals surface area contributed by atoms with E-state index in [1.165, 1.54) is 0 Å². The van der Waals surface area contributed by atoms with E-state index in [-0.39, 0.29) is 5.91 Å². The minimum atomic E-state index is 0.0901. The van der Waals surface area contributed by atoms with Gasteiger partial charge in [-0.1, -0.05) is 13.8 Å². The van der Waals surface area contributed by atoms with E-state index in [4.69, 9.17) is 5.73 Å². The fourth-order valence-electron chi connectivity index (χ4n) is 1.40. The number of nitrogens with two attached hydrogens (primary N) is 1. The summed E-state index contributed by atoms with van der Waals surface area (Å²) in [5, 5.41) is 2.79. The van der Waals surface area contributed by atoms with E-state index in [9.17, 15) is 4.79 Å². The number of carbonyl (C=O) groups excluding carboxylic acids is 1. The average molecular weight is 192 g/mol. The van der Waals surface area contributed by atoms with Crippen LogP contribution in [0.2, 0.25) is 0 Å². The second kappa shape index (κ2) is 4.65. The van der Waals surface area contributed by atoms with Crippen LogP contribution >= 0.6 is 0 Å². The number of amides is 1. The van der Waals surface area contributed by atoms with Crippen LogP contribution in [0.25, 0.3) is 0 Å². The largest absolute Gasteiger partial charge is 0.399 e. The molecule has 3 heteroatoms. The fraction of sp³-hybridized carbons (Fsp3) is 0.364. The minimum absolute atomic E-state index is 0.0901. The summed E-state index contributed by atoms with van der Waals surface area (Å²) in [6.45, 7) is 4.00. The molecule has 1 amide bonds. The Balaban J connectivity index is 0.000000461. The minimum Gasteiger partial charge on any atom is -0.399 e. The lowest BCUT2D eigenvalue weighted by Gasteiger charge is -2.16. The predicted octanol–water partition coefficient (Wildman–Crippen LogP) is 2.18. The van der Waals surface area contributed by atoms with Crippen LogP contribution in [-0.2, 0) is 11.2 Å². The lowest BCUT2D eigenvalue weighted by Crippen LogP contribution is -2.18. The lowest BCUT2D eigenvalue weighted by molar-refractivity contribution is -0.116. The van der Waals surface area contributed by atoms with Gasteiger partial charge < -0.3 is 11.1 Å². The van der Waals surface area contributed by atoms with Crippen molar-refractivity contribution < 1.29 is 4.79 Å². The molecule has 0 saturated heterocycles. The third-order valence-electron chi connectivity index (χ3n) is 2.02. The molecular weight excluding hydrogens is 176 g/mol. The molecule has 0 fully saturated rings. The first-order chi connectivity index (χ1) is 6.75. The molecule has 0 saturated carbocycles. The van der Waals surface area contributed by atoms with Crippen LogP contribution in [-0.4, -0.2) is 5.91 Å². The van der Waals surface area contributed by atoms with Crippen molar-refractivity contribution in [3.05, 3.63) is 23.8 Å². The Hall–Kier alpha value is -1.51. The van der Waals surface area contributed by atoms with Crippen LogP contribution in [0.1, 0.15) is 25.8 Å². The maximum absolute atomic E-state index is 11.0. The van der Waals surface area contributed by atoms with Gasteiger partial charge in [0.25, 0.3) is 0 Å². The average Bonchev–Trinajstić information content (AvgIpc) is 2.21. The summed E-state index contributed by atoms with van der Waals surface area (Å²) in [5.74, 6) is 0.0901. The molecule has 1 aromatic carbocycles. The van der Waals surface area contributed by atoms with Crippen LogP contribution in [0.3, 0.4) is 0 Å². The molecule has 0 radical (unpaired) electrons. The second-order valence-corrected chi connectivity index (χ2v) is 2.96. The number of hydrogen-bond donors (Lipinski definition) is 2. The number of nitrogens with one attached hydrogen (secondary N) is 1. The van der Waals surface area contributed by atoms with Crippen LogP contribution in [0.5, 0.6) is 0 Å². The lowest BCUT2D eigenvalue weighted by atomic mass is 10.0. The van der Waals surface area contributed by atoms with Crippen molar-refractivity contribution in [2.45, 2.75) is 26.7 Å². The van der Waals surface area contributed by atoms with Gasteiger partial charge in [-0.2, -0.15) is 0 Å². The molecule has 1 aliphatic rings. The zero-order valence-electron chi connectivity index (χ0n) is 8.63. The molecule has 1 heterocycles. The van der Waals surface area contributed by atoms with Crippen molar-refractivity contribution in [2.75, 3.05) is 11.1 Å². The van der Waals surface area contributed by atoms with E-state index >= 15 is 0 Å². The Morgan fingerprint density at radius 1 is 1.29 bits per heavy atom. The van der Waals surface area contributed by atoms with Crippen molar-refractivity contribution in [2.24, 2.45) is 0 Å². The number of anilines is 2. The molecule has 1 aliphatic heterocycles. The molecule has 76 valence electrons. The Kier molecular flexibility index (Phi) is 3.51. The summed E-state index contributed by atoms with van der Waals surface area (Å²) < 4.78 is 0. The van der Waals surface area contributed by atoms with Gasteiger partial charge >= 0.3 is 0 Å². The SMILES string of the molecule is CC.Nc1ccc2c(c1)CCC(=O)N2. The molecule has 0 bridgehead atoms. The first kappa shape index (κ1) is 10.6. The molecule has 0 aromatic heterocycles. The smallest absolute Gasteiger partial charge is 0.224 e. The topological polar surface area (TPSA) is 55.1 Å². The van der Waals surface area contributed by atoms with E-state index in [1.807, 2.05) is 26.0 Å². The monoisotopic (exact) mass is 192 g/mol. The van der Waals surface area contributed by atoms with Gasteiger partial charge in [0.15, 0.2) is 0 Å². The van der Waals surface area contributed by atoms with Gasteiger partial charge in [0.1, 0.15) is 0 Å². The standard InChI is InChI=1S/C9H10N2O.C2H6/c10-7-2-3-8-6(5-7)1-4-9(12)11-8;1-2/h2-3,5H,1,4,10H2,(H,11,12);1-2H3. The molecule has 1 aromatic rings. The van der Waals surface area contributed by atoms with E-state index in [1.54, 1.807) is 6.07 Å². The van der Waals surface area contributed by atoms with E-state index < -0.39 is 0 Å². The van der Waals surface area contributed by atoms with Crippen molar-refractivity contribution >= 4 is 17.3 Å². The van der Waals surface area contributed by atoms with Gasteiger partial charge in [-0.15, -0.1) is 0 Å². The normalized spacial score (nSPS) is 13.4. The summed E-state index contributed by atoms with van der Waals surface area (Å²) >= 11 is 0.